The fraction of sp³-hybridized carbons (Fsp3) is 0.368. The summed E-state index contributed by atoms with van der Waals surface area (Å²) >= 11 is 0. The van der Waals surface area contributed by atoms with Crippen LogP contribution >= 0.6 is 0 Å². The molecule has 0 fully saturated rings. The number of methoxy groups -OCH3 is 1. The number of amides is 1. The van der Waals surface area contributed by atoms with Gasteiger partial charge in [-0.2, -0.15) is 0 Å². The lowest BCUT2D eigenvalue weighted by Crippen LogP contribution is -2.22. The first-order valence-corrected chi connectivity index (χ1v) is 8.22. The van der Waals surface area contributed by atoms with Crippen molar-refractivity contribution in [2.24, 2.45) is 0 Å². The molecular formula is C19H24N2O3. The molecule has 0 radical (unpaired) electrons. The summed E-state index contributed by atoms with van der Waals surface area (Å²) in [7, 11) is 1.65. The van der Waals surface area contributed by atoms with E-state index >= 15 is 0 Å². The Morgan fingerprint density at radius 1 is 1.29 bits per heavy atom. The van der Waals surface area contributed by atoms with Crippen molar-refractivity contribution < 1.29 is 14.3 Å². The maximum atomic E-state index is 11.9. The van der Waals surface area contributed by atoms with Gasteiger partial charge in [-0.05, 0) is 31.1 Å². The first kappa shape index (κ1) is 17.9. The molecule has 5 nitrogen and oxygen atoms in total. The molecule has 0 aliphatic rings. The van der Waals surface area contributed by atoms with Gasteiger partial charge in [0.05, 0.1) is 12.1 Å². The largest absolute Gasteiger partial charge is 0.477 e. The number of ether oxygens (including phenoxy) is 2. The third-order valence-electron chi connectivity index (χ3n) is 3.40. The lowest BCUT2D eigenvalue weighted by molar-refractivity contribution is -0.116. The summed E-state index contributed by atoms with van der Waals surface area (Å²) < 4.78 is 10.7. The van der Waals surface area contributed by atoms with Gasteiger partial charge in [-0.3, -0.25) is 4.79 Å². The summed E-state index contributed by atoms with van der Waals surface area (Å²) in [5, 5.41) is 3.84. The Balaban J connectivity index is 2.13. The van der Waals surface area contributed by atoms with E-state index in [-0.39, 0.29) is 5.91 Å². The number of aromatic nitrogens is 1. The third kappa shape index (κ3) is 5.35. The van der Waals surface area contributed by atoms with Gasteiger partial charge >= 0.3 is 0 Å². The van der Waals surface area contributed by atoms with Crippen molar-refractivity contribution >= 4 is 22.9 Å². The topological polar surface area (TPSA) is 60.5 Å². The number of benzene rings is 1. The van der Waals surface area contributed by atoms with Crippen LogP contribution in [0.15, 0.2) is 36.4 Å². The van der Waals surface area contributed by atoms with E-state index in [1.54, 1.807) is 13.2 Å². The zero-order valence-corrected chi connectivity index (χ0v) is 14.2. The number of rotatable bonds is 9. The van der Waals surface area contributed by atoms with Crippen molar-refractivity contribution in [2.45, 2.75) is 19.8 Å². The van der Waals surface area contributed by atoms with E-state index in [4.69, 9.17) is 9.47 Å². The smallest absolute Gasteiger partial charge is 0.244 e. The molecule has 1 heterocycles. The standard InChI is InChI=1S/C19H24N2O3/c1-3-12-24-19-16(9-10-18(22)20-11-6-13-23-2)14-15-7-4-5-8-17(15)21-19/h4-5,7-10,14H,3,6,11-13H2,1-2H3,(H,20,22)/b10-9+. The number of carbonyl (C=O) groups is 1. The predicted molar refractivity (Wildman–Crippen MR) is 96.1 cm³/mol. The highest BCUT2D eigenvalue weighted by atomic mass is 16.5. The van der Waals surface area contributed by atoms with E-state index < -0.39 is 0 Å². The van der Waals surface area contributed by atoms with E-state index in [0.717, 1.165) is 29.3 Å². The Labute approximate surface area is 142 Å². The maximum absolute atomic E-state index is 11.9. The molecule has 5 heteroatoms. The van der Waals surface area contributed by atoms with Crippen LogP contribution in [0.2, 0.25) is 0 Å². The molecule has 0 unspecified atom stereocenters. The summed E-state index contributed by atoms with van der Waals surface area (Å²) in [4.78, 5) is 16.4. The van der Waals surface area contributed by atoms with Gasteiger partial charge in [0.15, 0.2) is 0 Å². The fourth-order valence-corrected chi connectivity index (χ4v) is 2.20. The van der Waals surface area contributed by atoms with Crippen LogP contribution in [0.3, 0.4) is 0 Å². The average molecular weight is 328 g/mol. The molecule has 0 spiro atoms. The highest BCUT2D eigenvalue weighted by Gasteiger charge is 2.06. The summed E-state index contributed by atoms with van der Waals surface area (Å²) in [5.41, 5.74) is 1.68. The molecule has 2 rings (SSSR count). The monoisotopic (exact) mass is 328 g/mol. The van der Waals surface area contributed by atoms with Crippen molar-refractivity contribution in [3.05, 3.63) is 42.0 Å². The highest BCUT2D eigenvalue weighted by molar-refractivity contribution is 5.93. The minimum atomic E-state index is -0.138. The third-order valence-corrected chi connectivity index (χ3v) is 3.40. The molecule has 128 valence electrons. The Kier molecular flexibility index (Phi) is 7.23. The molecule has 0 atom stereocenters. The van der Waals surface area contributed by atoms with Gasteiger partial charge in [-0.15, -0.1) is 0 Å². The van der Waals surface area contributed by atoms with Gasteiger partial charge in [0.1, 0.15) is 0 Å². The lowest BCUT2D eigenvalue weighted by atomic mass is 10.1. The van der Waals surface area contributed by atoms with Crippen LogP contribution in [0.25, 0.3) is 17.0 Å². The maximum Gasteiger partial charge on any atom is 0.244 e. The number of pyridine rings is 1. The molecule has 1 N–H and O–H groups in total. The Morgan fingerprint density at radius 2 is 2.12 bits per heavy atom. The van der Waals surface area contributed by atoms with Crippen LogP contribution in [0.5, 0.6) is 5.88 Å². The number of hydrogen-bond acceptors (Lipinski definition) is 4. The number of carbonyl (C=O) groups excluding carboxylic acids is 1. The SMILES string of the molecule is CCCOc1nc2ccccc2cc1/C=C/C(=O)NCCCOC. The number of hydrogen-bond donors (Lipinski definition) is 1. The van der Waals surface area contributed by atoms with Gasteiger partial charge in [-0.25, -0.2) is 4.98 Å². The van der Waals surface area contributed by atoms with Crippen molar-refractivity contribution in [3.8, 4) is 5.88 Å². The van der Waals surface area contributed by atoms with Crippen molar-refractivity contribution in [1.29, 1.82) is 0 Å². The van der Waals surface area contributed by atoms with Crippen LogP contribution in [-0.4, -0.2) is 37.8 Å². The minimum absolute atomic E-state index is 0.138. The second-order valence-electron chi connectivity index (χ2n) is 5.39. The molecule has 0 bridgehead atoms. The van der Waals surface area contributed by atoms with Crippen molar-refractivity contribution in [3.63, 3.8) is 0 Å². The second kappa shape index (κ2) is 9.67. The van der Waals surface area contributed by atoms with Gasteiger partial charge in [0, 0.05) is 37.3 Å². The zero-order chi connectivity index (χ0) is 17.2. The molecule has 0 aliphatic heterocycles. The zero-order valence-electron chi connectivity index (χ0n) is 14.2. The van der Waals surface area contributed by atoms with E-state index in [9.17, 15) is 4.79 Å². The number of nitrogens with one attached hydrogen (secondary N) is 1. The molecule has 0 saturated carbocycles. The normalized spacial score (nSPS) is 11.1. The summed E-state index contributed by atoms with van der Waals surface area (Å²) in [5.74, 6) is 0.416. The van der Waals surface area contributed by atoms with E-state index in [2.05, 4.69) is 10.3 Å². The van der Waals surface area contributed by atoms with Crippen LogP contribution in [0.1, 0.15) is 25.3 Å². The number of fused-ring (bicyclic) bond motifs is 1. The summed E-state index contributed by atoms with van der Waals surface area (Å²) in [6.45, 7) is 3.86. The summed E-state index contributed by atoms with van der Waals surface area (Å²) in [6.07, 6.45) is 4.95. The molecule has 2 aromatic rings. The molecular weight excluding hydrogens is 304 g/mol. The van der Waals surface area contributed by atoms with Crippen LogP contribution in [0.4, 0.5) is 0 Å². The van der Waals surface area contributed by atoms with Gasteiger partial charge < -0.3 is 14.8 Å². The molecule has 1 amide bonds. The lowest BCUT2D eigenvalue weighted by Gasteiger charge is -2.09. The van der Waals surface area contributed by atoms with Crippen LogP contribution in [0, 0.1) is 0 Å². The van der Waals surface area contributed by atoms with Gasteiger partial charge in [0.25, 0.3) is 0 Å². The minimum Gasteiger partial charge on any atom is -0.477 e. The Morgan fingerprint density at radius 3 is 2.92 bits per heavy atom. The quantitative estimate of drug-likeness (QED) is 0.567. The fourth-order valence-electron chi connectivity index (χ4n) is 2.20. The Hall–Kier alpha value is -2.40. The van der Waals surface area contributed by atoms with Gasteiger partial charge in [-0.1, -0.05) is 25.1 Å². The molecule has 0 saturated heterocycles. The predicted octanol–water partition coefficient (Wildman–Crippen LogP) is 3.19. The van der Waals surface area contributed by atoms with E-state index in [1.807, 2.05) is 37.3 Å². The first-order chi connectivity index (χ1) is 11.7. The molecule has 0 aliphatic carbocycles. The van der Waals surface area contributed by atoms with Crippen LogP contribution < -0.4 is 10.1 Å². The van der Waals surface area contributed by atoms with Crippen molar-refractivity contribution in [1.82, 2.24) is 10.3 Å². The number of para-hydroxylation sites is 1. The summed E-state index contributed by atoms with van der Waals surface area (Å²) in [6, 6.07) is 9.84. The van der Waals surface area contributed by atoms with Gasteiger partial charge in [0.2, 0.25) is 11.8 Å². The van der Waals surface area contributed by atoms with Crippen molar-refractivity contribution in [2.75, 3.05) is 26.9 Å². The number of nitrogens with zero attached hydrogens (tertiary/aromatic N) is 1. The average Bonchev–Trinajstić information content (AvgIpc) is 2.61. The molecule has 1 aromatic heterocycles. The molecule has 1 aromatic carbocycles. The van der Waals surface area contributed by atoms with E-state index in [1.165, 1.54) is 6.08 Å². The highest BCUT2D eigenvalue weighted by Crippen LogP contribution is 2.23. The van der Waals surface area contributed by atoms with Crippen LogP contribution in [-0.2, 0) is 9.53 Å². The second-order valence-corrected chi connectivity index (χ2v) is 5.39. The molecule has 24 heavy (non-hydrogen) atoms. The first-order valence-electron chi connectivity index (χ1n) is 8.22. The Bertz CT molecular complexity index is 698. The van der Waals surface area contributed by atoms with E-state index in [0.29, 0.717) is 25.6 Å².